The lowest BCUT2D eigenvalue weighted by Crippen LogP contribution is -2.19. The number of nitro benzene ring substituents is 2. The van der Waals surface area contributed by atoms with E-state index in [1.54, 1.807) is 24.3 Å². The largest absolute Gasteiger partial charge is 0.455 e. The molecule has 1 heterocycles. The van der Waals surface area contributed by atoms with Crippen molar-refractivity contribution in [3.8, 4) is 11.3 Å². The number of amides is 1. The normalized spacial score (nSPS) is 10.8. The Morgan fingerprint density at radius 1 is 1.03 bits per heavy atom. The van der Waals surface area contributed by atoms with Gasteiger partial charge in [-0.15, -0.1) is 0 Å². The third-order valence-electron chi connectivity index (χ3n) is 4.09. The highest BCUT2D eigenvalue weighted by Gasteiger charge is 2.17. The number of non-ortho nitro benzene ring substituents is 1. The molecule has 0 unspecified atom stereocenters. The van der Waals surface area contributed by atoms with E-state index in [0.29, 0.717) is 17.1 Å². The van der Waals surface area contributed by atoms with Crippen LogP contribution in [0.1, 0.15) is 21.7 Å². The maximum absolute atomic E-state index is 12.2. The predicted molar refractivity (Wildman–Crippen MR) is 104 cm³/mol. The standard InChI is InChI=1S/C19H14N4O6/c1-12-16(3-2-4-17(12)23(27)28)19(24)21-20-11-15-9-10-18(29-15)13-5-7-14(8-6-13)22(25)26/h2-11H,1H3,(H,21,24)/b20-11+. The van der Waals surface area contributed by atoms with E-state index >= 15 is 0 Å². The Kier molecular flexibility index (Phi) is 5.44. The van der Waals surface area contributed by atoms with Gasteiger partial charge in [0.05, 0.1) is 21.6 Å². The van der Waals surface area contributed by atoms with Crippen molar-refractivity contribution in [1.29, 1.82) is 0 Å². The SMILES string of the molecule is Cc1c(C(=O)N/N=C/c2ccc(-c3ccc([N+](=O)[O-])cc3)o2)cccc1[N+](=O)[O-]. The van der Waals surface area contributed by atoms with Crippen LogP contribution in [0.25, 0.3) is 11.3 Å². The van der Waals surface area contributed by atoms with Crippen LogP contribution >= 0.6 is 0 Å². The van der Waals surface area contributed by atoms with Crippen LogP contribution in [0, 0.1) is 27.2 Å². The van der Waals surface area contributed by atoms with E-state index < -0.39 is 15.8 Å². The second-order valence-corrected chi connectivity index (χ2v) is 5.91. The Bertz CT molecular complexity index is 1120. The summed E-state index contributed by atoms with van der Waals surface area (Å²) in [7, 11) is 0. The number of hydrazone groups is 1. The molecule has 1 amide bonds. The molecule has 0 aliphatic heterocycles. The lowest BCUT2D eigenvalue weighted by molar-refractivity contribution is -0.385. The third-order valence-corrected chi connectivity index (χ3v) is 4.09. The van der Waals surface area contributed by atoms with Crippen molar-refractivity contribution < 1.29 is 19.1 Å². The molecule has 0 spiro atoms. The number of rotatable bonds is 6. The van der Waals surface area contributed by atoms with Gasteiger partial charge in [0.15, 0.2) is 0 Å². The Labute approximate surface area is 163 Å². The first-order valence-electron chi connectivity index (χ1n) is 8.29. The zero-order valence-electron chi connectivity index (χ0n) is 15.1. The van der Waals surface area contributed by atoms with E-state index in [0.717, 1.165) is 0 Å². The van der Waals surface area contributed by atoms with Crippen molar-refractivity contribution in [1.82, 2.24) is 5.43 Å². The maximum atomic E-state index is 12.2. The number of furan rings is 1. The minimum absolute atomic E-state index is 0.0266. The fourth-order valence-electron chi connectivity index (χ4n) is 2.61. The van der Waals surface area contributed by atoms with Crippen LogP contribution in [-0.2, 0) is 0 Å². The average Bonchev–Trinajstić information content (AvgIpc) is 3.16. The van der Waals surface area contributed by atoms with Crippen LogP contribution in [0.15, 0.2) is 64.1 Å². The number of carbonyl (C=O) groups is 1. The number of hydrogen-bond donors (Lipinski definition) is 1. The van der Waals surface area contributed by atoms with Crippen LogP contribution in [0.5, 0.6) is 0 Å². The van der Waals surface area contributed by atoms with E-state index in [1.807, 2.05) is 0 Å². The Morgan fingerprint density at radius 3 is 2.41 bits per heavy atom. The van der Waals surface area contributed by atoms with E-state index in [-0.39, 0.29) is 22.5 Å². The molecule has 146 valence electrons. The van der Waals surface area contributed by atoms with Crippen LogP contribution in [0.4, 0.5) is 11.4 Å². The van der Waals surface area contributed by atoms with Crippen molar-refractivity contribution in [2.24, 2.45) is 5.10 Å². The molecule has 29 heavy (non-hydrogen) atoms. The lowest BCUT2D eigenvalue weighted by atomic mass is 10.1. The predicted octanol–water partition coefficient (Wildman–Crippen LogP) is 3.84. The summed E-state index contributed by atoms with van der Waals surface area (Å²) in [6.07, 6.45) is 1.28. The summed E-state index contributed by atoms with van der Waals surface area (Å²) in [5.74, 6) is 0.223. The first-order valence-corrected chi connectivity index (χ1v) is 8.29. The van der Waals surface area contributed by atoms with Crippen molar-refractivity contribution >= 4 is 23.5 Å². The van der Waals surface area contributed by atoms with Crippen molar-refractivity contribution in [2.45, 2.75) is 6.92 Å². The molecule has 0 saturated heterocycles. The minimum Gasteiger partial charge on any atom is -0.455 e. The molecule has 1 aromatic heterocycles. The van der Waals surface area contributed by atoms with Gasteiger partial charge in [0.2, 0.25) is 0 Å². The molecule has 3 rings (SSSR count). The van der Waals surface area contributed by atoms with Gasteiger partial charge in [-0.3, -0.25) is 25.0 Å². The molecule has 0 atom stereocenters. The fraction of sp³-hybridized carbons (Fsp3) is 0.0526. The minimum atomic E-state index is -0.593. The van der Waals surface area contributed by atoms with Gasteiger partial charge in [0, 0.05) is 29.3 Å². The van der Waals surface area contributed by atoms with Gasteiger partial charge >= 0.3 is 0 Å². The van der Waals surface area contributed by atoms with Gasteiger partial charge in [0.25, 0.3) is 17.3 Å². The number of hydrogen-bond acceptors (Lipinski definition) is 7. The summed E-state index contributed by atoms with van der Waals surface area (Å²) >= 11 is 0. The summed E-state index contributed by atoms with van der Waals surface area (Å²) in [4.78, 5) is 32.8. The smallest absolute Gasteiger partial charge is 0.273 e. The summed E-state index contributed by atoms with van der Waals surface area (Å²) in [5.41, 5.74) is 3.14. The van der Waals surface area contributed by atoms with Crippen LogP contribution < -0.4 is 5.43 Å². The highest BCUT2D eigenvalue weighted by Crippen LogP contribution is 2.24. The number of benzene rings is 2. The average molecular weight is 394 g/mol. The Balaban J connectivity index is 1.69. The van der Waals surface area contributed by atoms with Gasteiger partial charge < -0.3 is 4.42 Å². The molecule has 0 radical (unpaired) electrons. The molecule has 2 aromatic carbocycles. The number of nitrogens with one attached hydrogen (secondary N) is 1. The van der Waals surface area contributed by atoms with Crippen molar-refractivity contribution in [3.05, 3.63) is 91.7 Å². The second-order valence-electron chi connectivity index (χ2n) is 5.91. The zero-order valence-corrected chi connectivity index (χ0v) is 15.1. The second kappa shape index (κ2) is 8.13. The zero-order chi connectivity index (χ0) is 21.0. The van der Waals surface area contributed by atoms with Gasteiger partial charge in [-0.25, -0.2) is 5.43 Å². The molecule has 0 bridgehead atoms. The van der Waals surface area contributed by atoms with Crippen LogP contribution in [-0.4, -0.2) is 22.0 Å². The van der Waals surface area contributed by atoms with Gasteiger partial charge in [0.1, 0.15) is 11.5 Å². The number of nitro groups is 2. The highest BCUT2D eigenvalue weighted by molar-refractivity contribution is 5.97. The molecule has 0 aliphatic rings. The van der Waals surface area contributed by atoms with Gasteiger partial charge in [-0.05, 0) is 37.3 Å². The first kappa shape index (κ1) is 19.4. The highest BCUT2D eigenvalue weighted by atomic mass is 16.6. The summed E-state index contributed by atoms with van der Waals surface area (Å²) < 4.78 is 5.57. The van der Waals surface area contributed by atoms with Crippen LogP contribution in [0.3, 0.4) is 0 Å². The Hall–Kier alpha value is -4.34. The van der Waals surface area contributed by atoms with Crippen molar-refractivity contribution in [2.75, 3.05) is 0 Å². The molecule has 10 heteroatoms. The molecule has 1 N–H and O–H groups in total. The monoisotopic (exact) mass is 394 g/mol. The maximum Gasteiger partial charge on any atom is 0.273 e. The fourth-order valence-corrected chi connectivity index (χ4v) is 2.61. The molecule has 0 saturated carbocycles. The quantitative estimate of drug-likeness (QED) is 0.382. The van der Waals surface area contributed by atoms with Crippen molar-refractivity contribution in [3.63, 3.8) is 0 Å². The molecular weight excluding hydrogens is 380 g/mol. The number of nitrogens with zero attached hydrogens (tertiary/aromatic N) is 3. The summed E-state index contributed by atoms with van der Waals surface area (Å²) in [6, 6.07) is 13.3. The topological polar surface area (TPSA) is 141 Å². The molecule has 3 aromatic rings. The first-order chi connectivity index (χ1) is 13.9. The van der Waals surface area contributed by atoms with Gasteiger partial charge in [-0.1, -0.05) is 6.07 Å². The third kappa shape index (κ3) is 4.33. The van der Waals surface area contributed by atoms with E-state index in [9.17, 15) is 25.0 Å². The summed E-state index contributed by atoms with van der Waals surface area (Å²) in [5, 5.41) is 25.5. The molecule has 0 aliphatic carbocycles. The van der Waals surface area contributed by atoms with E-state index in [1.165, 1.54) is 43.5 Å². The van der Waals surface area contributed by atoms with Crippen LogP contribution in [0.2, 0.25) is 0 Å². The van der Waals surface area contributed by atoms with E-state index in [2.05, 4.69) is 10.5 Å². The lowest BCUT2D eigenvalue weighted by Gasteiger charge is -2.04. The Morgan fingerprint density at radius 2 is 1.76 bits per heavy atom. The number of carbonyl (C=O) groups excluding carboxylic acids is 1. The molecular formula is C19H14N4O6. The van der Waals surface area contributed by atoms with E-state index in [4.69, 9.17) is 4.42 Å². The van der Waals surface area contributed by atoms with Gasteiger partial charge in [-0.2, -0.15) is 5.10 Å². The summed E-state index contributed by atoms with van der Waals surface area (Å²) in [6.45, 7) is 1.49. The molecule has 0 fully saturated rings. The molecule has 10 nitrogen and oxygen atoms in total.